The van der Waals surface area contributed by atoms with Crippen LogP contribution < -0.4 is 14.8 Å². The zero-order valence-electron chi connectivity index (χ0n) is 17.7. The summed E-state index contributed by atoms with van der Waals surface area (Å²) in [6.45, 7) is 3.07. The van der Waals surface area contributed by atoms with E-state index < -0.39 is 5.67 Å². The number of hydrogen-bond acceptors (Lipinski definition) is 9. The number of methoxy groups -OCH3 is 1. The molecule has 10 nitrogen and oxygen atoms in total. The van der Waals surface area contributed by atoms with E-state index in [1.807, 2.05) is 0 Å². The summed E-state index contributed by atoms with van der Waals surface area (Å²) in [7, 11) is 1.52. The van der Waals surface area contributed by atoms with Gasteiger partial charge in [-0.25, -0.2) is 4.39 Å². The van der Waals surface area contributed by atoms with Gasteiger partial charge in [0.25, 0.3) is 5.88 Å². The Bertz CT molecular complexity index is 1230. The van der Waals surface area contributed by atoms with E-state index in [0.717, 1.165) is 13.0 Å². The first-order valence-corrected chi connectivity index (χ1v) is 10.3. The van der Waals surface area contributed by atoms with Crippen LogP contribution in [0.25, 0.3) is 17.2 Å². The number of rotatable bonds is 6. The molecule has 5 heterocycles. The lowest BCUT2D eigenvalue weighted by molar-refractivity contribution is 0.121. The lowest BCUT2D eigenvalue weighted by Crippen LogP contribution is -2.40. The number of nitrogens with one attached hydrogen (secondary N) is 1. The zero-order valence-corrected chi connectivity index (χ0v) is 17.7. The van der Waals surface area contributed by atoms with E-state index >= 15 is 4.39 Å². The van der Waals surface area contributed by atoms with Crippen LogP contribution in [0.4, 0.5) is 4.39 Å². The Labute approximate surface area is 182 Å². The van der Waals surface area contributed by atoms with Crippen molar-refractivity contribution < 1.29 is 18.4 Å². The summed E-state index contributed by atoms with van der Waals surface area (Å²) in [5, 5.41) is 19.8. The van der Waals surface area contributed by atoms with Gasteiger partial charge < -0.3 is 19.3 Å². The molecular weight excluding hydrogens is 417 g/mol. The van der Waals surface area contributed by atoms with E-state index in [1.54, 1.807) is 37.4 Å². The normalized spacial score (nSPS) is 18.7. The molecule has 0 aliphatic carbocycles. The zero-order chi connectivity index (χ0) is 22.1. The van der Waals surface area contributed by atoms with Crippen molar-refractivity contribution in [2.75, 3.05) is 20.2 Å². The molecule has 1 fully saturated rings. The van der Waals surface area contributed by atoms with Crippen molar-refractivity contribution in [3.63, 3.8) is 0 Å². The van der Waals surface area contributed by atoms with Gasteiger partial charge in [-0.2, -0.15) is 4.52 Å². The van der Waals surface area contributed by atoms with Crippen molar-refractivity contribution in [3.05, 3.63) is 47.5 Å². The second-order valence-electron chi connectivity index (χ2n) is 7.71. The first-order valence-electron chi connectivity index (χ1n) is 10.3. The van der Waals surface area contributed by atoms with E-state index in [4.69, 9.17) is 14.0 Å². The standard InChI is InChI=1S/C21H22FN7O3/c1-13-8-16(28-32-13)19-26-25-18-9-17(30-2)20(27-29(18)19)31-11-15-5-4-14(10-24-15)21(22)6-3-7-23-12-21/h4-5,8-10,23H,3,6-7,11-12H2,1-2H3. The van der Waals surface area contributed by atoms with Crippen LogP contribution in [-0.2, 0) is 12.3 Å². The average molecular weight is 439 g/mol. The van der Waals surface area contributed by atoms with E-state index in [2.05, 4.69) is 30.8 Å². The molecule has 1 N–H and O–H groups in total. The van der Waals surface area contributed by atoms with Gasteiger partial charge in [-0.05, 0) is 32.4 Å². The van der Waals surface area contributed by atoms with Gasteiger partial charge in [-0.3, -0.25) is 4.98 Å². The van der Waals surface area contributed by atoms with Gasteiger partial charge in [0.1, 0.15) is 18.0 Å². The molecule has 4 aromatic heterocycles. The number of halogens is 1. The molecule has 1 saturated heterocycles. The predicted molar refractivity (Wildman–Crippen MR) is 111 cm³/mol. The van der Waals surface area contributed by atoms with Gasteiger partial charge >= 0.3 is 0 Å². The fourth-order valence-electron chi connectivity index (χ4n) is 3.71. The van der Waals surface area contributed by atoms with Crippen LogP contribution in [0, 0.1) is 6.92 Å². The summed E-state index contributed by atoms with van der Waals surface area (Å²) in [6, 6.07) is 6.94. The topological polar surface area (TPSA) is 112 Å². The molecule has 0 radical (unpaired) electrons. The molecule has 0 aromatic carbocycles. The van der Waals surface area contributed by atoms with Crippen LogP contribution in [-0.4, -0.2) is 50.2 Å². The number of alkyl halides is 1. The Hall–Kier alpha value is -3.60. The molecule has 4 aromatic rings. The first-order chi connectivity index (χ1) is 15.6. The SMILES string of the molecule is COc1cc2nnc(-c3cc(C)on3)n2nc1OCc1ccc(C2(F)CCCNC2)cn1. The minimum absolute atomic E-state index is 0.132. The number of fused-ring (bicyclic) bond motifs is 1. The van der Waals surface area contributed by atoms with Crippen molar-refractivity contribution in [3.8, 4) is 23.1 Å². The number of piperidine rings is 1. The molecule has 0 bridgehead atoms. The van der Waals surface area contributed by atoms with Crippen molar-refractivity contribution in [2.24, 2.45) is 0 Å². The Morgan fingerprint density at radius 1 is 1.28 bits per heavy atom. The highest BCUT2D eigenvalue weighted by Crippen LogP contribution is 2.32. The van der Waals surface area contributed by atoms with E-state index in [-0.39, 0.29) is 12.5 Å². The van der Waals surface area contributed by atoms with Crippen molar-refractivity contribution in [1.82, 2.24) is 35.3 Å². The largest absolute Gasteiger partial charge is 0.491 e. The molecule has 0 amide bonds. The maximum absolute atomic E-state index is 15.1. The number of ether oxygens (including phenoxy) is 2. The van der Waals surface area contributed by atoms with Gasteiger partial charge in [0.2, 0.25) is 5.82 Å². The minimum atomic E-state index is -1.38. The van der Waals surface area contributed by atoms with Crippen LogP contribution in [0.3, 0.4) is 0 Å². The summed E-state index contributed by atoms with van der Waals surface area (Å²) < 4.78 is 33.0. The molecule has 32 heavy (non-hydrogen) atoms. The second kappa shape index (κ2) is 8.15. The van der Waals surface area contributed by atoms with Crippen molar-refractivity contribution in [1.29, 1.82) is 0 Å². The lowest BCUT2D eigenvalue weighted by Gasteiger charge is -2.30. The molecule has 1 aliphatic heterocycles. The third-order valence-electron chi connectivity index (χ3n) is 5.43. The molecular formula is C21H22FN7O3. The fraction of sp³-hybridized carbons (Fsp3) is 0.381. The highest BCUT2D eigenvalue weighted by molar-refractivity contribution is 5.56. The van der Waals surface area contributed by atoms with Gasteiger partial charge in [0, 0.05) is 30.4 Å². The number of pyridine rings is 1. The van der Waals surface area contributed by atoms with Crippen LogP contribution in [0.5, 0.6) is 11.6 Å². The molecule has 1 unspecified atom stereocenters. The van der Waals surface area contributed by atoms with Crippen molar-refractivity contribution >= 4 is 5.65 Å². The third-order valence-corrected chi connectivity index (χ3v) is 5.43. The van der Waals surface area contributed by atoms with Gasteiger partial charge in [-0.1, -0.05) is 11.2 Å². The highest BCUT2D eigenvalue weighted by atomic mass is 19.1. The quantitative estimate of drug-likeness (QED) is 0.484. The first kappa shape index (κ1) is 20.3. The maximum Gasteiger partial charge on any atom is 0.275 e. The monoisotopic (exact) mass is 439 g/mol. The maximum atomic E-state index is 15.1. The molecule has 166 valence electrons. The summed E-state index contributed by atoms with van der Waals surface area (Å²) >= 11 is 0. The summed E-state index contributed by atoms with van der Waals surface area (Å²) in [5.41, 5.74) is 0.809. The molecule has 1 aliphatic rings. The Balaban J connectivity index is 1.37. The number of hydrogen-bond donors (Lipinski definition) is 1. The lowest BCUT2D eigenvalue weighted by atomic mass is 9.89. The smallest absolute Gasteiger partial charge is 0.275 e. The molecule has 0 spiro atoms. The fourth-order valence-corrected chi connectivity index (χ4v) is 3.71. The second-order valence-corrected chi connectivity index (χ2v) is 7.71. The van der Waals surface area contributed by atoms with Crippen molar-refractivity contribution in [2.45, 2.75) is 32.0 Å². The van der Waals surface area contributed by atoms with Crippen LogP contribution in [0.2, 0.25) is 0 Å². The number of nitrogens with zero attached hydrogens (tertiary/aromatic N) is 6. The van der Waals surface area contributed by atoms with Gasteiger partial charge in [0.05, 0.1) is 12.8 Å². The average Bonchev–Trinajstić information content (AvgIpc) is 3.43. The Kier molecular flexibility index (Phi) is 5.17. The van der Waals surface area contributed by atoms with E-state index in [0.29, 0.717) is 52.9 Å². The minimum Gasteiger partial charge on any atom is -0.491 e. The summed E-state index contributed by atoms with van der Waals surface area (Å²) in [4.78, 5) is 4.37. The van der Waals surface area contributed by atoms with E-state index in [1.165, 1.54) is 11.6 Å². The molecule has 1 atom stereocenters. The van der Waals surface area contributed by atoms with Gasteiger partial charge in [0.15, 0.2) is 17.1 Å². The number of aryl methyl sites for hydroxylation is 1. The predicted octanol–water partition coefficient (Wildman–Crippen LogP) is 2.62. The Morgan fingerprint density at radius 2 is 2.19 bits per heavy atom. The Morgan fingerprint density at radius 3 is 2.88 bits per heavy atom. The van der Waals surface area contributed by atoms with E-state index in [9.17, 15) is 0 Å². The highest BCUT2D eigenvalue weighted by Gasteiger charge is 2.33. The molecule has 0 saturated carbocycles. The summed E-state index contributed by atoms with van der Waals surface area (Å²) in [5.74, 6) is 1.71. The van der Waals surface area contributed by atoms with Gasteiger partial charge in [-0.15, -0.1) is 15.3 Å². The van der Waals surface area contributed by atoms with Crippen LogP contribution in [0.1, 0.15) is 29.9 Å². The third kappa shape index (κ3) is 3.75. The number of aromatic nitrogens is 6. The van der Waals surface area contributed by atoms with Crippen LogP contribution in [0.15, 0.2) is 35.0 Å². The van der Waals surface area contributed by atoms with Crippen LogP contribution >= 0.6 is 0 Å². The molecule has 5 rings (SSSR count). The summed E-state index contributed by atoms with van der Waals surface area (Å²) in [6.07, 6.45) is 2.86. The molecule has 11 heteroatoms.